The minimum Gasteiger partial charge on any atom is -0.334 e. The molecule has 0 spiro atoms. The molecule has 0 fully saturated rings. The lowest BCUT2D eigenvalue weighted by Gasteiger charge is -2.16. The molecule has 2 aromatic heterocycles. The molecule has 6 nitrogen and oxygen atoms in total. The van der Waals surface area contributed by atoms with Gasteiger partial charge in [-0.3, -0.25) is 14.9 Å². The number of aryl methyl sites for hydroxylation is 1. The van der Waals surface area contributed by atoms with E-state index in [1.807, 2.05) is 6.92 Å². The lowest BCUT2D eigenvalue weighted by molar-refractivity contribution is 0.0781. The van der Waals surface area contributed by atoms with E-state index in [9.17, 15) is 4.79 Å². The van der Waals surface area contributed by atoms with E-state index < -0.39 is 0 Å². The number of aromatic amines is 1. The second kappa shape index (κ2) is 5.14. The van der Waals surface area contributed by atoms with Gasteiger partial charge in [0.15, 0.2) is 0 Å². The predicted octanol–water partition coefficient (Wildman–Crippen LogP) is 1.43. The third-order valence-corrected chi connectivity index (χ3v) is 2.73. The van der Waals surface area contributed by atoms with Gasteiger partial charge in [-0.25, -0.2) is 4.98 Å². The number of hydrogen-bond acceptors (Lipinski definition) is 4. The number of halogens is 1. The lowest BCUT2D eigenvalue weighted by atomic mass is 10.2. The number of H-pyrrole nitrogens is 1. The Bertz CT molecular complexity index is 555. The normalized spacial score (nSPS) is 10.4. The molecule has 0 atom stereocenters. The highest BCUT2D eigenvalue weighted by atomic mass is 35.5. The zero-order chi connectivity index (χ0) is 13.1. The van der Waals surface area contributed by atoms with E-state index in [1.165, 1.54) is 17.4 Å². The predicted molar refractivity (Wildman–Crippen MR) is 66.2 cm³/mol. The Labute approximate surface area is 109 Å². The zero-order valence-electron chi connectivity index (χ0n) is 10.0. The number of aromatic nitrogens is 4. The second-order valence-electron chi connectivity index (χ2n) is 3.90. The second-order valence-corrected chi connectivity index (χ2v) is 4.31. The quantitative estimate of drug-likeness (QED) is 0.911. The van der Waals surface area contributed by atoms with Gasteiger partial charge >= 0.3 is 0 Å². The average molecular weight is 266 g/mol. The van der Waals surface area contributed by atoms with Crippen molar-refractivity contribution >= 4 is 17.5 Å². The molecule has 0 saturated heterocycles. The van der Waals surface area contributed by atoms with Crippen LogP contribution < -0.4 is 0 Å². The van der Waals surface area contributed by atoms with Crippen molar-refractivity contribution in [2.75, 3.05) is 7.05 Å². The van der Waals surface area contributed by atoms with Crippen molar-refractivity contribution in [3.8, 4) is 0 Å². The van der Waals surface area contributed by atoms with Crippen LogP contribution in [0.3, 0.4) is 0 Å². The summed E-state index contributed by atoms with van der Waals surface area (Å²) in [5, 5.41) is 6.82. The van der Waals surface area contributed by atoms with Gasteiger partial charge in [-0.2, -0.15) is 5.10 Å². The zero-order valence-corrected chi connectivity index (χ0v) is 10.8. The van der Waals surface area contributed by atoms with E-state index in [0.717, 1.165) is 5.69 Å². The highest BCUT2D eigenvalue weighted by molar-refractivity contribution is 6.33. The van der Waals surface area contributed by atoms with Gasteiger partial charge in [-0.05, 0) is 13.0 Å². The molecule has 2 heterocycles. The van der Waals surface area contributed by atoms with Gasteiger partial charge in [0.1, 0.15) is 12.2 Å². The third kappa shape index (κ3) is 2.65. The molecule has 1 amide bonds. The van der Waals surface area contributed by atoms with Crippen LogP contribution in [0.25, 0.3) is 0 Å². The fraction of sp³-hybridized carbons (Fsp3) is 0.273. The van der Waals surface area contributed by atoms with Crippen molar-refractivity contribution in [3.05, 3.63) is 40.7 Å². The maximum Gasteiger partial charge on any atom is 0.257 e. The van der Waals surface area contributed by atoms with Crippen LogP contribution in [0.15, 0.2) is 18.6 Å². The summed E-state index contributed by atoms with van der Waals surface area (Å²) in [4.78, 5) is 21.7. The summed E-state index contributed by atoms with van der Waals surface area (Å²) in [6, 6.07) is 1.66. The molecule has 0 saturated carbocycles. The molecule has 0 radical (unpaired) electrons. The first-order valence-electron chi connectivity index (χ1n) is 5.30. The molecule has 0 aliphatic heterocycles. The summed E-state index contributed by atoms with van der Waals surface area (Å²) < 4.78 is 0. The van der Waals surface area contributed by atoms with E-state index >= 15 is 0 Å². The minimum atomic E-state index is -0.205. The Balaban J connectivity index is 2.15. The number of carbonyl (C=O) groups is 1. The van der Waals surface area contributed by atoms with Gasteiger partial charge in [-0.15, -0.1) is 0 Å². The van der Waals surface area contributed by atoms with Crippen LogP contribution in [0.1, 0.15) is 21.9 Å². The minimum absolute atomic E-state index is 0.205. The summed E-state index contributed by atoms with van der Waals surface area (Å²) in [5.41, 5.74) is 1.15. The Morgan fingerprint density at radius 1 is 1.50 bits per heavy atom. The average Bonchev–Trinajstić information content (AvgIpc) is 2.81. The molecule has 18 heavy (non-hydrogen) atoms. The summed E-state index contributed by atoms with van der Waals surface area (Å²) >= 11 is 6.03. The Morgan fingerprint density at radius 2 is 2.28 bits per heavy atom. The van der Waals surface area contributed by atoms with Gasteiger partial charge in [0, 0.05) is 18.9 Å². The summed E-state index contributed by atoms with van der Waals surface area (Å²) in [5.74, 6) is 0.408. The number of carbonyl (C=O) groups excluding carboxylic acids is 1. The number of rotatable bonds is 3. The lowest BCUT2D eigenvalue weighted by Crippen LogP contribution is -2.27. The van der Waals surface area contributed by atoms with Crippen LogP contribution >= 0.6 is 11.6 Å². The van der Waals surface area contributed by atoms with Gasteiger partial charge in [-0.1, -0.05) is 11.6 Å². The molecule has 7 heteroatoms. The van der Waals surface area contributed by atoms with Crippen LogP contribution in [0.2, 0.25) is 5.02 Å². The number of nitrogens with zero attached hydrogens (tertiary/aromatic N) is 4. The number of pyridine rings is 1. The van der Waals surface area contributed by atoms with Crippen LogP contribution in [0, 0.1) is 6.92 Å². The maximum absolute atomic E-state index is 12.1. The molecule has 0 aliphatic rings. The van der Waals surface area contributed by atoms with E-state index in [0.29, 0.717) is 23.0 Å². The van der Waals surface area contributed by atoms with Crippen molar-refractivity contribution in [1.82, 2.24) is 25.1 Å². The molecule has 2 aromatic rings. The van der Waals surface area contributed by atoms with Crippen LogP contribution in [-0.2, 0) is 6.54 Å². The topological polar surface area (TPSA) is 74.8 Å². The molecular weight excluding hydrogens is 254 g/mol. The molecule has 0 unspecified atom stereocenters. The number of hydrogen-bond donors (Lipinski definition) is 1. The molecule has 0 aliphatic carbocycles. The van der Waals surface area contributed by atoms with E-state index in [1.54, 1.807) is 13.1 Å². The Hall–Kier alpha value is -1.95. The van der Waals surface area contributed by atoms with Gasteiger partial charge in [0.05, 0.1) is 17.1 Å². The molecule has 94 valence electrons. The summed E-state index contributed by atoms with van der Waals surface area (Å²) in [6.07, 6.45) is 2.88. The Morgan fingerprint density at radius 3 is 2.89 bits per heavy atom. The van der Waals surface area contributed by atoms with E-state index in [4.69, 9.17) is 11.6 Å². The van der Waals surface area contributed by atoms with Crippen molar-refractivity contribution in [1.29, 1.82) is 0 Å². The maximum atomic E-state index is 12.1. The highest BCUT2D eigenvalue weighted by Gasteiger charge is 2.16. The summed E-state index contributed by atoms with van der Waals surface area (Å²) in [6.45, 7) is 2.15. The van der Waals surface area contributed by atoms with Crippen molar-refractivity contribution < 1.29 is 4.79 Å². The Kier molecular flexibility index (Phi) is 3.57. The monoisotopic (exact) mass is 265 g/mol. The van der Waals surface area contributed by atoms with Crippen LogP contribution in [0.5, 0.6) is 0 Å². The molecule has 0 aromatic carbocycles. The van der Waals surface area contributed by atoms with Crippen molar-refractivity contribution in [2.24, 2.45) is 0 Å². The van der Waals surface area contributed by atoms with Gasteiger partial charge in [0.25, 0.3) is 5.91 Å². The van der Waals surface area contributed by atoms with Gasteiger partial charge in [0.2, 0.25) is 0 Å². The fourth-order valence-corrected chi connectivity index (χ4v) is 1.78. The first-order valence-corrected chi connectivity index (χ1v) is 5.67. The molecule has 0 bridgehead atoms. The van der Waals surface area contributed by atoms with E-state index in [-0.39, 0.29) is 5.91 Å². The number of amides is 1. The first-order chi connectivity index (χ1) is 8.58. The van der Waals surface area contributed by atoms with Crippen molar-refractivity contribution in [2.45, 2.75) is 13.5 Å². The molecular formula is C11H12ClN5O. The van der Waals surface area contributed by atoms with E-state index in [2.05, 4.69) is 20.2 Å². The standard InChI is InChI=1S/C11H12ClN5O/c1-7-3-9(12)8(4-13-7)11(18)17(2)5-10-14-6-15-16-10/h3-4,6H,5H2,1-2H3,(H,14,15,16). The van der Waals surface area contributed by atoms with Crippen molar-refractivity contribution in [3.63, 3.8) is 0 Å². The summed E-state index contributed by atoms with van der Waals surface area (Å²) in [7, 11) is 1.67. The highest BCUT2D eigenvalue weighted by Crippen LogP contribution is 2.17. The SMILES string of the molecule is Cc1cc(Cl)c(C(=O)N(C)Cc2ncn[nH]2)cn1. The largest absolute Gasteiger partial charge is 0.334 e. The van der Waals surface area contributed by atoms with Crippen LogP contribution in [0.4, 0.5) is 0 Å². The smallest absolute Gasteiger partial charge is 0.257 e. The molecule has 2 rings (SSSR count). The first kappa shape index (κ1) is 12.5. The van der Waals surface area contributed by atoms with Crippen LogP contribution in [-0.4, -0.2) is 38.0 Å². The number of nitrogens with one attached hydrogen (secondary N) is 1. The molecule has 1 N–H and O–H groups in total. The fourth-order valence-electron chi connectivity index (χ4n) is 1.49. The third-order valence-electron chi connectivity index (χ3n) is 2.42. The van der Waals surface area contributed by atoms with Gasteiger partial charge < -0.3 is 4.90 Å².